The minimum absolute atomic E-state index is 0.183. The largest absolute Gasteiger partial charge is 0.478 e. The van der Waals surface area contributed by atoms with Gasteiger partial charge in [-0.3, -0.25) is 4.68 Å². The molecule has 0 aliphatic rings. The van der Waals surface area contributed by atoms with Crippen molar-refractivity contribution in [1.82, 2.24) is 9.78 Å². The normalized spacial score (nSPS) is 10.9. The number of benzene rings is 2. The summed E-state index contributed by atoms with van der Waals surface area (Å²) in [6.07, 6.45) is 0. The van der Waals surface area contributed by atoms with Gasteiger partial charge in [-0.1, -0.05) is 12.1 Å². The smallest absolute Gasteiger partial charge is 0.335 e. The molecule has 1 heterocycles. The number of aromatic nitrogens is 2. The van der Waals surface area contributed by atoms with E-state index in [-0.39, 0.29) is 11.4 Å². The van der Waals surface area contributed by atoms with Crippen molar-refractivity contribution >= 4 is 16.9 Å². The van der Waals surface area contributed by atoms with Crippen LogP contribution in [0.4, 0.5) is 4.39 Å². The van der Waals surface area contributed by atoms with Gasteiger partial charge in [0.15, 0.2) is 0 Å². The van der Waals surface area contributed by atoms with Crippen LogP contribution in [0.15, 0.2) is 42.5 Å². The number of rotatable bonds is 2. The highest BCUT2D eigenvalue weighted by atomic mass is 19.1. The minimum Gasteiger partial charge on any atom is -0.478 e. The van der Waals surface area contributed by atoms with Crippen LogP contribution in [0.25, 0.3) is 22.2 Å². The summed E-state index contributed by atoms with van der Waals surface area (Å²) in [6.45, 7) is 0. The van der Waals surface area contributed by atoms with Gasteiger partial charge in [0, 0.05) is 18.0 Å². The number of fused-ring (bicyclic) bond motifs is 1. The monoisotopic (exact) mass is 270 g/mol. The van der Waals surface area contributed by atoms with E-state index in [0.29, 0.717) is 16.6 Å². The van der Waals surface area contributed by atoms with Gasteiger partial charge >= 0.3 is 5.97 Å². The van der Waals surface area contributed by atoms with Gasteiger partial charge in [0.05, 0.1) is 11.1 Å². The van der Waals surface area contributed by atoms with Crippen LogP contribution in [-0.4, -0.2) is 20.9 Å². The summed E-state index contributed by atoms with van der Waals surface area (Å²) in [6, 6.07) is 10.9. The summed E-state index contributed by atoms with van der Waals surface area (Å²) in [5.41, 5.74) is 2.18. The minimum atomic E-state index is -0.999. The standard InChI is InChI=1S/C15H11FN2O2/c1-18-13-6-5-10(15(19)20)8-12(13)14(17-18)9-3-2-4-11(16)7-9/h2-8H,1H3,(H,19,20). The lowest BCUT2D eigenvalue weighted by Gasteiger charge is -1.99. The van der Waals surface area contributed by atoms with Gasteiger partial charge in [-0.25, -0.2) is 9.18 Å². The van der Waals surface area contributed by atoms with Crippen LogP contribution >= 0.6 is 0 Å². The number of halogens is 1. The fraction of sp³-hybridized carbons (Fsp3) is 0.0667. The summed E-state index contributed by atoms with van der Waals surface area (Å²) in [7, 11) is 1.77. The predicted molar refractivity (Wildman–Crippen MR) is 73.1 cm³/mol. The second kappa shape index (κ2) is 4.45. The molecule has 0 unspecified atom stereocenters. The average molecular weight is 270 g/mol. The molecule has 0 radical (unpaired) electrons. The van der Waals surface area contributed by atoms with Crippen molar-refractivity contribution < 1.29 is 14.3 Å². The Bertz CT molecular complexity index is 824. The zero-order valence-corrected chi connectivity index (χ0v) is 10.7. The number of nitrogens with zero attached hydrogens (tertiary/aromatic N) is 2. The van der Waals surface area contributed by atoms with Crippen molar-refractivity contribution in [2.24, 2.45) is 7.05 Å². The molecule has 0 saturated heterocycles. The van der Waals surface area contributed by atoms with E-state index in [4.69, 9.17) is 5.11 Å². The van der Waals surface area contributed by atoms with E-state index in [0.717, 1.165) is 5.52 Å². The number of aromatic carboxylic acids is 1. The van der Waals surface area contributed by atoms with Gasteiger partial charge in [-0.15, -0.1) is 0 Å². The SMILES string of the molecule is Cn1nc(-c2cccc(F)c2)c2cc(C(=O)O)ccc21. The molecule has 20 heavy (non-hydrogen) atoms. The highest BCUT2D eigenvalue weighted by Gasteiger charge is 2.13. The second-order valence-electron chi connectivity index (χ2n) is 4.52. The Morgan fingerprint density at radius 1 is 1.25 bits per heavy atom. The van der Waals surface area contributed by atoms with E-state index in [2.05, 4.69) is 5.10 Å². The lowest BCUT2D eigenvalue weighted by Crippen LogP contribution is -1.95. The summed E-state index contributed by atoms with van der Waals surface area (Å²) in [5.74, 6) is -1.35. The van der Waals surface area contributed by atoms with E-state index in [1.54, 1.807) is 36.0 Å². The first-order valence-electron chi connectivity index (χ1n) is 6.02. The van der Waals surface area contributed by atoms with Gasteiger partial charge < -0.3 is 5.11 Å². The van der Waals surface area contributed by atoms with E-state index in [1.165, 1.54) is 18.2 Å². The van der Waals surface area contributed by atoms with Gasteiger partial charge in [0.2, 0.25) is 0 Å². The van der Waals surface area contributed by atoms with Crippen molar-refractivity contribution in [3.05, 3.63) is 53.8 Å². The maximum Gasteiger partial charge on any atom is 0.335 e. The Hall–Kier alpha value is -2.69. The molecule has 3 rings (SSSR count). The second-order valence-corrected chi connectivity index (χ2v) is 4.52. The summed E-state index contributed by atoms with van der Waals surface area (Å²) in [4.78, 5) is 11.1. The molecule has 0 bridgehead atoms. The Morgan fingerprint density at radius 2 is 2.05 bits per heavy atom. The molecule has 5 heteroatoms. The Balaban J connectivity index is 2.30. The van der Waals surface area contributed by atoms with E-state index in [9.17, 15) is 9.18 Å². The summed E-state index contributed by atoms with van der Waals surface area (Å²) in [5, 5.41) is 14.1. The molecule has 0 fully saturated rings. The molecule has 3 aromatic rings. The van der Waals surface area contributed by atoms with E-state index in [1.807, 2.05) is 0 Å². The van der Waals surface area contributed by atoms with Gasteiger partial charge in [-0.05, 0) is 30.3 Å². The molecule has 4 nitrogen and oxygen atoms in total. The molecule has 2 aromatic carbocycles. The highest BCUT2D eigenvalue weighted by molar-refractivity contribution is 5.99. The Labute approximate surface area is 114 Å². The van der Waals surface area contributed by atoms with Gasteiger partial charge in [-0.2, -0.15) is 5.10 Å². The first-order valence-corrected chi connectivity index (χ1v) is 6.02. The summed E-state index contributed by atoms with van der Waals surface area (Å²) >= 11 is 0. The third-order valence-corrected chi connectivity index (χ3v) is 3.20. The average Bonchev–Trinajstić information content (AvgIpc) is 2.76. The molecule has 0 saturated carbocycles. The fourth-order valence-corrected chi connectivity index (χ4v) is 2.25. The molecule has 1 N–H and O–H groups in total. The predicted octanol–water partition coefficient (Wildman–Crippen LogP) is 3.08. The first kappa shape index (κ1) is 12.3. The van der Waals surface area contributed by atoms with E-state index < -0.39 is 5.97 Å². The zero-order chi connectivity index (χ0) is 14.3. The lowest BCUT2D eigenvalue weighted by atomic mass is 10.1. The number of carboxylic acids is 1. The molecule has 1 aromatic heterocycles. The molecule has 100 valence electrons. The van der Waals surface area contributed by atoms with E-state index >= 15 is 0 Å². The number of hydrogen-bond donors (Lipinski definition) is 1. The van der Waals surface area contributed by atoms with Gasteiger partial charge in [0.1, 0.15) is 11.5 Å². The number of carboxylic acid groups (broad SMARTS) is 1. The van der Waals surface area contributed by atoms with Crippen LogP contribution < -0.4 is 0 Å². The topological polar surface area (TPSA) is 55.1 Å². The Morgan fingerprint density at radius 3 is 2.75 bits per heavy atom. The maximum atomic E-state index is 13.3. The van der Waals surface area contributed by atoms with Crippen LogP contribution in [0.2, 0.25) is 0 Å². The molecule has 0 spiro atoms. The van der Waals surface area contributed by atoms with Crippen molar-refractivity contribution in [3.8, 4) is 11.3 Å². The molecule has 0 aliphatic carbocycles. The van der Waals surface area contributed by atoms with Gasteiger partial charge in [0.25, 0.3) is 0 Å². The number of hydrogen-bond acceptors (Lipinski definition) is 2. The van der Waals surface area contributed by atoms with Crippen LogP contribution in [0, 0.1) is 5.82 Å². The maximum absolute atomic E-state index is 13.3. The third kappa shape index (κ3) is 1.93. The van der Waals surface area contributed by atoms with Crippen LogP contribution in [0.3, 0.4) is 0 Å². The van der Waals surface area contributed by atoms with Crippen molar-refractivity contribution in [3.63, 3.8) is 0 Å². The van der Waals surface area contributed by atoms with Crippen LogP contribution in [0.1, 0.15) is 10.4 Å². The third-order valence-electron chi connectivity index (χ3n) is 3.20. The number of carbonyl (C=O) groups is 1. The molecule has 0 aliphatic heterocycles. The first-order chi connectivity index (χ1) is 9.56. The van der Waals surface area contributed by atoms with Crippen molar-refractivity contribution in [1.29, 1.82) is 0 Å². The quantitative estimate of drug-likeness (QED) is 0.778. The van der Waals surface area contributed by atoms with Crippen molar-refractivity contribution in [2.75, 3.05) is 0 Å². The molecular formula is C15H11FN2O2. The molecule has 0 atom stereocenters. The zero-order valence-electron chi connectivity index (χ0n) is 10.7. The van der Waals surface area contributed by atoms with Crippen LogP contribution in [-0.2, 0) is 7.05 Å². The lowest BCUT2D eigenvalue weighted by molar-refractivity contribution is 0.0697. The summed E-state index contributed by atoms with van der Waals surface area (Å²) < 4.78 is 15.0. The molecular weight excluding hydrogens is 259 g/mol. The van der Waals surface area contributed by atoms with Crippen molar-refractivity contribution in [2.45, 2.75) is 0 Å². The fourth-order valence-electron chi connectivity index (χ4n) is 2.25. The Kier molecular flexibility index (Phi) is 2.75. The van der Waals surface area contributed by atoms with Crippen LogP contribution in [0.5, 0.6) is 0 Å². The molecule has 0 amide bonds. The highest BCUT2D eigenvalue weighted by Crippen LogP contribution is 2.28. The number of aryl methyl sites for hydroxylation is 1.